The molecule has 0 aliphatic rings. The fourth-order valence-corrected chi connectivity index (χ4v) is 10.2. The Kier molecular flexibility index (Phi) is 8.89. The van der Waals surface area contributed by atoms with E-state index in [1.54, 1.807) is 0 Å². The molecule has 2 heteroatoms. The maximum Gasteiger partial charge on any atom is 0.145 e. The minimum Gasteiger partial charge on any atom is -0.455 e. The Hall–Kier alpha value is -8.72. The fraction of sp³-hybridized carbons (Fsp3) is 0. The number of rotatable bonds is 7. The third kappa shape index (κ3) is 6.34. The summed E-state index contributed by atoms with van der Waals surface area (Å²) in [5.41, 5.74) is 14.2. The summed E-state index contributed by atoms with van der Waals surface area (Å²) in [6.45, 7) is 0. The SMILES string of the molecule is c1ccc(-c2cccc(-c3ccc(N(c4ccc(-c5ccc6c7ccccc7c7ccccc7c6c5)cc4)c4ccc(-c5ccc6ccccc6c5)c5oc6ccccc6c45)cc3)c2)cc1. The maximum atomic E-state index is 6.88. The van der Waals surface area contributed by atoms with Crippen molar-refractivity contribution in [3.05, 3.63) is 249 Å². The van der Waals surface area contributed by atoms with Crippen LogP contribution in [0.5, 0.6) is 0 Å². The molecule has 0 bridgehead atoms. The highest BCUT2D eigenvalue weighted by molar-refractivity contribution is 6.26. The lowest BCUT2D eigenvalue weighted by atomic mass is 9.92. The number of benzene rings is 12. The molecule has 0 spiro atoms. The Morgan fingerprint density at radius 3 is 1.42 bits per heavy atom. The predicted molar refractivity (Wildman–Crippen MR) is 280 cm³/mol. The van der Waals surface area contributed by atoms with Gasteiger partial charge in [-0.25, -0.2) is 0 Å². The van der Waals surface area contributed by atoms with E-state index in [-0.39, 0.29) is 0 Å². The van der Waals surface area contributed by atoms with Crippen LogP contribution in [0, 0.1) is 0 Å². The highest BCUT2D eigenvalue weighted by Crippen LogP contribution is 2.47. The van der Waals surface area contributed by atoms with Crippen LogP contribution >= 0.6 is 0 Å². The Labute approximate surface area is 382 Å². The molecule has 13 aromatic rings. The van der Waals surface area contributed by atoms with E-state index in [1.807, 2.05) is 0 Å². The van der Waals surface area contributed by atoms with Crippen LogP contribution in [0.2, 0.25) is 0 Å². The first-order valence-electron chi connectivity index (χ1n) is 22.7. The Morgan fingerprint density at radius 2 is 0.758 bits per heavy atom. The van der Waals surface area contributed by atoms with Gasteiger partial charge in [-0.1, -0.05) is 188 Å². The van der Waals surface area contributed by atoms with Crippen molar-refractivity contribution in [2.75, 3.05) is 4.90 Å². The quantitative estimate of drug-likeness (QED) is 0.149. The number of nitrogens with zero attached hydrogens (tertiary/aromatic N) is 1. The molecule has 0 aliphatic carbocycles. The van der Waals surface area contributed by atoms with Gasteiger partial charge in [0.2, 0.25) is 0 Å². The van der Waals surface area contributed by atoms with Gasteiger partial charge in [0.05, 0.1) is 11.1 Å². The Morgan fingerprint density at radius 1 is 0.273 bits per heavy atom. The summed E-state index contributed by atoms with van der Waals surface area (Å²) in [5, 5.41) is 12.2. The first kappa shape index (κ1) is 37.8. The summed E-state index contributed by atoms with van der Waals surface area (Å²) in [7, 11) is 0. The topological polar surface area (TPSA) is 16.4 Å². The number of hydrogen-bond acceptors (Lipinski definition) is 2. The monoisotopic (exact) mass is 839 g/mol. The van der Waals surface area contributed by atoms with Crippen molar-refractivity contribution in [1.29, 1.82) is 0 Å². The zero-order valence-corrected chi connectivity index (χ0v) is 36.0. The summed E-state index contributed by atoms with van der Waals surface area (Å²) >= 11 is 0. The van der Waals surface area contributed by atoms with E-state index >= 15 is 0 Å². The molecule has 0 unspecified atom stereocenters. The number of fused-ring (bicyclic) bond motifs is 10. The molecule has 0 radical (unpaired) electrons. The van der Waals surface area contributed by atoms with Gasteiger partial charge in [-0.2, -0.15) is 0 Å². The van der Waals surface area contributed by atoms with Crippen LogP contribution in [0.25, 0.3) is 110 Å². The molecule has 12 aromatic carbocycles. The van der Waals surface area contributed by atoms with E-state index in [0.717, 1.165) is 61.3 Å². The van der Waals surface area contributed by atoms with Gasteiger partial charge < -0.3 is 9.32 Å². The zero-order chi connectivity index (χ0) is 43.6. The average Bonchev–Trinajstić information content (AvgIpc) is 3.79. The normalized spacial score (nSPS) is 11.6. The Bertz CT molecular complexity index is 3940. The molecule has 0 saturated heterocycles. The first-order valence-corrected chi connectivity index (χ1v) is 22.7. The number of para-hydroxylation sites is 1. The smallest absolute Gasteiger partial charge is 0.145 e. The molecule has 0 fully saturated rings. The van der Waals surface area contributed by atoms with E-state index in [4.69, 9.17) is 4.42 Å². The minimum absolute atomic E-state index is 0.863. The predicted octanol–water partition coefficient (Wildman–Crippen LogP) is 18.3. The highest BCUT2D eigenvalue weighted by Gasteiger charge is 2.23. The molecular formula is C64H41NO. The fourth-order valence-electron chi connectivity index (χ4n) is 10.2. The Balaban J connectivity index is 0.969. The molecule has 1 aromatic heterocycles. The molecule has 2 nitrogen and oxygen atoms in total. The van der Waals surface area contributed by atoms with E-state index in [9.17, 15) is 0 Å². The molecular weight excluding hydrogens is 799 g/mol. The highest BCUT2D eigenvalue weighted by atomic mass is 16.3. The molecule has 0 saturated carbocycles. The second kappa shape index (κ2) is 15.5. The van der Waals surface area contributed by atoms with Gasteiger partial charge in [-0.15, -0.1) is 0 Å². The van der Waals surface area contributed by atoms with Crippen LogP contribution < -0.4 is 4.90 Å². The molecule has 1 heterocycles. The largest absolute Gasteiger partial charge is 0.455 e. The van der Waals surface area contributed by atoms with Gasteiger partial charge in [0, 0.05) is 22.3 Å². The maximum absolute atomic E-state index is 6.88. The zero-order valence-electron chi connectivity index (χ0n) is 36.0. The molecule has 308 valence electrons. The van der Waals surface area contributed by atoms with Crippen molar-refractivity contribution in [2.24, 2.45) is 0 Å². The van der Waals surface area contributed by atoms with Crippen molar-refractivity contribution in [3.8, 4) is 44.5 Å². The summed E-state index contributed by atoms with van der Waals surface area (Å²) in [6, 6.07) is 90.1. The van der Waals surface area contributed by atoms with Crippen molar-refractivity contribution >= 4 is 82.1 Å². The van der Waals surface area contributed by atoms with Crippen molar-refractivity contribution in [2.45, 2.75) is 0 Å². The lowest BCUT2D eigenvalue weighted by Gasteiger charge is -2.27. The standard InChI is InChI=1S/C64H41NO/c1-2-13-42(14-3-1)47-17-12-18-48(39-47)44-27-32-51(33-28-44)65(61-38-37-53(50-26-25-43-15-4-5-16-46(43)40-50)64-63(61)59-23-10-11-24-62(59)66-64)52-34-29-45(30-35-52)49-31-36-58-56-21-7-6-19-54(56)55-20-8-9-22-57(55)60(58)41-49/h1-41H. The molecule has 13 rings (SSSR count). The average molecular weight is 840 g/mol. The minimum atomic E-state index is 0.863. The lowest BCUT2D eigenvalue weighted by Crippen LogP contribution is -2.10. The van der Waals surface area contributed by atoms with E-state index in [1.165, 1.54) is 65.3 Å². The lowest BCUT2D eigenvalue weighted by molar-refractivity contribution is 0.670. The molecule has 0 amide bonds. The van der Waals surface area contributed by atoms with Gasteiger partial charge in [0.15, 0.2) is 0 Å². The molecule has 0 aliphatic heterocycles. The summed E-state index contributed by atoms with van der Waals surface area (Å²) < 4.78 is 6.88. The molecule has 66 heavy (non-hydrogen) atoms. The number of hydrogen-bond donors (Lipinski definition) is 0. The van der Waals surface area contributed by atoms with Gasteiger partial charge in [-0.05, 0) is 143 Å². The summed E-state index contributed by atoms with van der Waals surface area (Å²) in [6.07, 6.45) is 0. The van der Waals surface area contributed by atoms with Crippen molar-refractivity contribution in [3.63, 3.8) is 0 Å². The van der Waals surface area contributed by atoms with Crippen LogP contribution in [0.4, 0.5) is 17.1 Å². The van der Waals surface area contributed by atoms with E-state index < -0.39 is 0 Å². The van der Waals surface area contributed by atoms with Gasteiger partial charge in [0.1, 0.15) is 11.2 Å². The van der Waals surface area contributed by atoms with E-state index in [2.05, 4.69) is 254 Å². The summed E-state index contributed by atoms with van der Waals surface area (Å²) in [4.78, 5) is 2.39. The van der Waals surface area contributed by atoms with Gasteiger partial charge in [0.25, 0.3) is 0 Å². The molecule has 0 atom stereocenters. The van der Waals surface area contributed by atoms with Crippen LogP contribution in [-0.2, 0) is 0 Å². The second-order valence-corrected chi connectivity index (χ2v) is 17.2. The van der Waals surface area contributed by atoms with Gasteiger partial charge >= 0.3 is 0 Å². The van der Waals surface area contributed by atoms with Crippen LogP contribution in [0.1, 0.15) is 0 Å². The van der Waals surface area contributed by atoms with E-state index in [0.29, 0.717) is 0 Å². The second-order valence-electron chi connectivity index (χ2n) is 17.2. The van der Waals surface area contributed by atoms with Crippen LogP contribution in [-0.4, -0.2) is 0 Å². The van der Waals surface area contributed by atoms with Crippen molar-refractivity contribution in [1.82, 2.24) is 0 Å². The number of anilines is 3. The third-order valence-corrected chi connectivity index (χ3v) is 13.4. The van der Waals surface area contributed by atoms with Gasteiger partial charge in [-0.3, -0.25) is 0 Å². The third-order valence-electron chi connectivity index (χ3n) is 13.4. The summed E-state index contributed by atoms with van der Waals surface area (Å²) in [5.74, 6) is 0. The number of furan rings is 1. The van der Waals surface area contributed by atoms with Crippen molar-refractivity contribution < 1.29 is 4.42 Å². The molecule has 0 N–H and O–H groups in total. The van der Waals surface area contributed by atoms with Crippen LogP contribution in [0.3, 0.4) is 0 Å². The first-order chi connectivity index (χ1) is 32.7. The van der Waals surface area contributed by atoms with Crippen LogP contribution in [0.15, 0.2) is 253 Å².